The van der Waals surface area contributed by atoms with Crippen LogP contribution in [0.5, 0.6) is 0 Å². The molecular weight excluding hydrogens is 300 g/mol. The maximum Gasteiger partial charge on any atom is 0.251 e. The molecule has 2 rings (SSSR count). The number of amides is 1. The molecule has 0 aliphatic carbocycles. The van der Waals surface area contributed by atoms with E-state index in [1.165, 1.54) is 12.1 Å². The molecule has 0 radical (unpaired) electrons. The Kier molecular flexibility index (Phi) is 5.98. The van der Waals surface area contributed by atoms with Gasteiger partial charge >= 0.3 is 0 Å². The third-order valence-corrected chi connectivity index (χ3v) is 4.35. The van der Waals surface area contributed by atoms with Crippen LogP contribution in [0.1, 0.15) is 16.8 Å². The molecule has 7 heteroatoms. The van der Waals surface area contributed by atoms with Gasteiger partial charge in [-0.15, -0.1) is 12.4 Å². The van der Waals surface area contributed by atoms with Crippen LogP contribution in [-0.4, -0.2) is 40.2 Å². The molecule has 0 spiro atoms. The standard InChI is InChI=1S/C13H18N2O3S.ClH/c1-19(17,18)12-4-2-3-11(7-12)13(16)15-9-10-5-6-14-8-10;/h2-4,7,10,14H,5-6,8-9H2,1H3,(H,15,16);1H. The van der Waals surface area contributed by atoms with Crippen LogP contribution in [0.15, 0.2) is 29.2 Å². The van der Waals surface area contributed by atoms with E-state index in [9.17, 15) is 13.2 Å². The quantitative estimate of drug-likeness (QED) is 0.863. The zero-order valence-electron chi connectivity index (χ0n) is 11.3. The van der Waals surface area contributed by atoms with Gasteiger partial charge in [0, 0.05) is 18.4 Å². The Balaban J connectivity index is 0.00000200. The summed E-state index contributed by atoms with van der Waals surface area (Å²) in [5.41, 5.74) is 0.383. The number of hydrogen-bond acceptors (Lipinski definition) is 4. The molecular formula is C13H19ClN2O3S. The van der Waals surface area contributed by atoms with Gasteiger partial charge < -0.3 is 10.6 Å². The Hall–Kier alpha value is -1.11. The van der Waals surface area contributed by atoms with E-state index < -0.39 is 9.84 Å². The van der Waals surface area contributed by atoms with Crippen LogP contribution in [0, 0.1) is 5.92 Å². The Morgan fingerprint density at radius 3 is 2.80 bits per heavy atom. The molecule has 1 unspecified atom stereocenters. The first kappa shape index (κ1) is 16.9. The van der Waals surface area contributed by atoms with Crippen molar-refractivity contribution in [3.8, 4) is 0 Å². The van der Waals surface area contributed by atoms with Crippen LogP contribution in [0.25, 0.3) is 0 Å². The van der Waals surface area contributed by atoms with Gasteiger partial charge in [-0.1, -0.05) is 6.07 Å². The molecule has 112 valence electrons. The number of hydrogen-bond donors (Lipinski definition) is 2. The van der Waals surface area contributed by atoms with Crippen molar-refractivity contribution >= 4 is 28.2 Å². The van der Waals surface area contributed by atoms with Gasteiger partial charge in [-0.05, 0) is 43.6 Å². The van der Waals surface area contributed by atoms with E-state index in [2.05, 4.69) is 10.6 Å². The van der Waals surface area contributed by atoms with E-state index in [1.807, 2.05) is 0 Å². The first-order chi connectivity index (χ1) is 8.97. The molecule has 0 saturated carbocycles. The molecule has 1 fully saturated rings. The third-order valence-electron chi connectivity index (χ3n) is 3.24. The molecule has 5 nitrogen and oxygen atoms in total. The monoisotopic (exact) mass is 318 g/mol. The molecule has 1 aliphatic rings. The van der Waals surface area contributed by atoms with Crippen LogP contribution < -0.4 is 10.6 Å². The number of benzene rings is 1. The lowest BCUT2D eigenvalue weighted by atomic mass is 10.1. The Morgan fingerprint density at radius 1 is 1.45 bits per heavy atom. The lowest BCUT2D eigenvalue weighted by Gasteiger charge is -2.10. The molecule has 1 aromatic rings. The van der Waals surface area contributed by atoms with Gasteiger partial charge in [0.25, 0.3) is 5.91 Å². The number of sulfone groups is 1. The van der Waals surface area contributed by atoms with Gasteiger partial charge in [-0.3, -0.25) is 4.79 Å². The molecule has 1 amide bonds. The van der Waals surface area contributed by atoms with Crippen molar-refractivity contribution in [1.29, 1.82) is 0 Å². The highest BCUT2D eigenvalue weighted by Gasteiger charge is 2.16. The largest absolute Gasteiger partial charge is 0.352 e. The molecule has 1 aromatic carbocycles. The fourth-order valence-corrected chi connectivity index (χ4v) is 2.76. The minimum atomic E-state index is -3.28. The summed E-state index contributed by atoms with van der Waals surface area (Å²) >= 11 is 0. The summed E-state index contributed by atoms with van der Waals surface area (Å²) in [6.07, 6.45) is 2.19. The smallest absolute Gasteiger partial charge is 0.251 e. The number of carbonyl (C=O) groups is 1. The molecule has 1 atom stereocenters. The number of halogens is 1. The van der Waals surface area contributed by atoms with Crippen LogP contribution in [0.4, 0.5) is 0 Å². The highest BCUT2D eigenvalue weighted by atomic mass is 35.5. The van der Waals surface area contributed by atoms with Gasteiger partial charge in [0.1, 0.15) is 0 Å². The normalized spacial score (nSPS) is 18.4. The lowest BCUT2D eigenvalue weighted by molar-refractivity contribution is 0.0948. The molecule has 0 bridgehead atoms. The fourth-order valence-electron chi connectivity index (χ4n) is 2.10. The highest BCUT2D eigenvalue weighted by molar-refractivity contribution is 7.90. The van der Waals surface area contributed by atoms with Crippen molar-refractivity contribution in [2.45, 2.75) is 11.3 Å². The zero-order valence-corrected chi connectivity index (χ0v) is 12.9. The molecule has 1 heterocycles. The van der Waals surface area contributed by atoms with Crippen LogP contribution in [0.3, 0.4) is 0 Å². The minimum absolute atomic E-state index is 0. The van der Waals surface area contributed by atoms with Crippen LogP contribution >= 0.6 is 12.4 Å². The Morgan fingerprint density at radius 2 is 2.20 bits per heavy atom. The molecule has 20 heavy (non-hydrogen) atoms. The first-order valence-corrected chi connectivity index (χ1v) is 8.15. The van der Waals surface area contributed by atoms with Crippen LogP contribution in [0.2, 0.25) is 0 Å². The first-order valence-electron chi connectivity index (χ1n) is 6.26. The van der Waals surface area contributed by atoms with Gasteiger partial charge in [-0.25, -0.2) is 8.42 Å². The fraction of sp³-hybridized carbons (Fsp3) is 0.462. The summed E-state index contributed by atoms with van der Waals surface area (Å²) in [6, 6.07) is 6.11. The third kappa shape index (κ3) is 4.47. The summed E-state index contributed by atoms with van der Waals surface area (Å²) in [6.45, 7) is 2.53. The van der Waals surface area contributed by atoms with Crippen molar-refractivity contribution in [1.82, 2.24) is 10.6 Å². The van der Waals surface area contributed by atoms with E-state index in [4.69, 9.17) is 0 Å². The summed E-state index contributed by atoms with van der Waals surface area (Å²) in [5, 5.41) is 6.08. The summed E-state index contributed by atoms with van der Waals surface area (Å²) in [4.78, 5) is 12.1. The van der Waals surface area contributed by atoms with E-state index in [-0.39, 0.29) is 23.2 Å². The molecule has 2 N–H and O–H groups in total. The van der Waals surface area contributed by atoms with Gasteiger partial charge in [0.2, 0.25) is 0 Å². The predicted molar refractivity (Wildman–Crippen MR) is 80.1 cm³/mol. The van der Waals surface area contributed by atoms with Crippen molar-refractivity contribution in [3.63, 3.8) is 0 Å². The minimum Gasteiger partial charge on any atom is -0.352 e. The van der Waals surface area contributed by atoms with E-state index in [0.717, 1.165) is 25.8 Å². The van der Waals surface area contributed by atoms with Crippen LogP contribution in [-0.2, 0) is 9.84 Å². The summed E-state index contributed by atoms with van der Waals surface area (Å²) < 4.78 is 22.9. The maximum absolute atomic E-state index is 12.0. The van der Waals surface area contributed by atoms with Crippen molar-refractivity contribution < 1.29 is 13.2 Å². The average Bonchev–Trinajstić information content (AvgIpc) is 2.88. The van der Waals surface area contributed by atoms with E-state index >= 15 is 0 Å². The molecule has 0 aromatic heterocycles. The second-order valence-corrected chi connectivity index (χ2v) is 6.88. The molecule has 1 saturated heterocycles. The average molecular weight is 319 g/mol. The number of carbonyl (C=O) groups excluding carboxylic acids is 1. The molecule has 1 aliphatic heterocycles. The second kappa shape index (κ2) is 7.06. The Labute approximate surface area is 125 Å². The topological polar surface area (TPSA) is 75.3 Å². The highest BCUT2D eigenvalue weighted by Crippen LogP contribution is 2.12. The van der Waals surface area contributed by atoms with Gasteiger partial charge in [0.05, 0.1) is 4.90 Å². The zero-order chi connectivity index (χ0) is 13.9. The van der Waals surface area contributed by atoms with Gasteiger partial charge in [0.15, 0.2) is 9.84 Å². The number of rotatable bonds is 4. The number of nitrogens with one attached hydrogen (secondary N) is 2. The SMILES string of the molecule is CS(=O)(=O)c1cccc(C(=O)NCC2CCNC2)c1.Cl. The summed E-state index contributed by atoms with van der Waals surface area (Å²) in [5.74, 6) is 0.236. The van der Waals surface area contributed by atoms with E-state index in [1.54, 1.807) is 12.1 Å². The Bertz CT molecular complexity index is 569. The van der Waals surface area contributed by atoms with E-state index in [0.29, 0.717) is 18.0 Å². The summed E-state index contributed by atoms with van der Waals surface area (Å²) in [7, 11) is -3.28. The maximum atomic E-state index is 12.0. The van der Waals surface area contributed by atoms with Crippen molar-refractivity contribution in [2.75, 3.05) is 25.9 Å². The van der Waals surface area contributed by atoms with Gasteiger partial charge in [-0.2, -0.15) is 0 Å². The second-order valence-electron chi connectivity index (χ2n) is 4.87. The lowest BCUT2D eigenvalue weighted by Crippen LogP contribution is -2.30. The van der Waals surface area contributed by atoms with Crippen molar-refractivity contribution in [3.05, 3.63) is 29.8 Å². The van der Waals surface area contributed by atoms with Crippen molar-refractivity contribution in [2.24, 2.45) is 5.92 Å². The predicted octanol–water partition coefficient (Wildman–Crippen LogP) is 0.851.